The average Bonchev–Trinajstić information content (AvgIpc) is 2.27. The van der Waals surface area contributed by atoms with E-state index in [0.29, 0.717) is 0 Å². The summed E-state index contributed by atoms with van der Waals surface area (Å²) in [5.41, 5.74) is 2.00. The van der Waals surface area contributed by atoms with Gasteiger partial charge in [-0.15, -0.1) is 19.7 Å². The van der Waals surface area contributed by atoms with Crippen LogP contribution >= 0.6 is 0 Å². The molecule has 0 aliphatic carbocycles. The van der Waals surface area contributed by atoms with Crippen LogP contribution in [0.3, 0.4) is 0 Å². The van der Waals surface area contributed by atoms with Gasteiger partial charge in [-0.3, -0.25) is 0 Å². The molecule has 0 rings (SSSR count). The maximum absolute atomic E-state index is 11.1. The van der Waals surface area contributed by atoms with Crippen LogP contribution in [0.25, 0.3) is 0 Å². The third-order valence-electron chi connectivity index (χ3n) is 2.43. The van der Waals surface area contributed by atoms with Crippen LogP contribution in [0, 0.1) is 0 Å². The number of hydrogen-bond donors (Lipinski definition) is 0. The van der Waals surface area contributed by atoms with Crippen LogP contribution < -0.4 is 0 Å². The molecule has 0 saturated carbocycles. The standard InChI is InChI=1S/C13H20O2Si/c1-5-9-16(10-6-2,11-7-3)12-8-13(14)15-4/h5-8,12H,1-3,9-11H2,4H3. The molecule has 0 bridgehead atoms. The van der Waals surface area contributed by atoms with Gasteiger partial charge < -0.3 is 4.74 Å². The molecule has 0 radical (unpaired) electrons. The van der Waals surface area contributed by atoms with Crippen LogP contribution in [-0.2, 0) is 9.53 Å². The van der Waals surface area contributed by atoms with Gasteiger partial charge in [0, 0.05) is 6.08 Å². The highest BCUT2D eigenvalue weighted by Crippen LogP contribution is 2.24. The van der Waals surface area contributed by atoms with E-state index >= 15 is 0 Å². The topological polar surface area (TPSA) is 26.3 Å². The molecule has 88 valence electrons. The number of allylic oxidation sites excluding steroid dienone is 3. The molecule has 0 aromatic heterocycles. The zero-order valence-electron chi connectivity index (χ0n) is 9.95. The molecule has 0 saturated heterocycles. The minimum Gasteiger partial charge on any atom is -0.466 e. The second kappa shape index (κ2) is 7.88. The number of esters is 1. The van der Waals surface area contributed by atoms with Crippen molar-refractivity contribution in [1.82, 2.24) is 0 Å². The third kappa shape index (κ3) is 4.93. The van der Waals surface area contributed by atoms with E-state index in [1.54, 1.807) is 0 Å². The summed E-state index contributed by atoms with van der Waals surface area (Å²) in [6, 6.07) is 2.75. The number of hydrogen-bond acceptors (Lipinski definition) is 2. The first-order chi connectivity index (χ1) is 7.64. The van der Waals surface area contributed by atoms with E-state index in [-0.39, 0.29) is 5.97 Å². The minimum atomic E-state index is -1.71. The predicted octanol–water partition coefficient (Wildman–Crippen LogP) is 3.26. The quantitative estimate of drug-likeness (QED) is 0.280. The lowest BCUT2D eigenvalue weighted by Crippen LogP contribution is -2.30. The van der Waals surface area contributed by atoms with Gasteiger partial charge in [-0.2, -0.15) is 0 Å². The normalized spacial score (nSPS) is 11.1. The molecule has 2 nitrogen and oxygen atoms in total. The highest BCUT2D eigenvalue weighted by atomic mass is 28.3. The maximum atomic E-state index is 11.1. The summed E-state index contributed by atoms with van der Waals surface area (Å²) >= 11 is 0. The maximum Gasteiger partial charge on any atom is 0.329 e. The van der Waals surface area contributed by atoms with E-state index in [1.165, 1.54) is 13.2 Å². The Balaban J connectivity index is 4.90. The van der Waals surface area contributed by atoms with Gasteiger partial charge in [0.05, 0.1) is 15.2 Å². The smallest absolute Gasteiger partial charge is 0.329 e. The molecular formula is C13H20O2Si. The molecule has 16 heavy (non-hydrogen) atoms. The molecule has 0 amide bonds. The summed E-state index contributed by atoms with van der Waals surface area (Å²) in [4.78, 5) is 11.1. The van der Waals surface area contributed by atoms with Crippen molar-refractivity contribution in [3.05, 3.63) is 49.7 Å². The first kappa shape index (κ1) is 14.6. The van der Waals surface area contributed by atoms with Crippen LogP contribution in [0.5, 0.6) is 0 Å². The van der Waals surface area contributed by atoms with Crippen molar-refractivity contribution >= 4 is 14.0 Å². The average molecular weight is 236 g/mol. The van der Waals surface area contributed by atoms with E-state index in [1.807, 2.05) is 23.9 Å². The Hall–Kier alpha value is -1.35. The van der Waals surface area contributed by atoms with Crippen molar-refractivity contribution in [3.63, 3.8) is 0 Å². The molecule has 0 heterocycles. The summed E-state index contributed by atoms with van der Waals surface area (Å²) in [6.45, 7) is 11.3. The molecule has 0 N–H and O–H groups in total. The van der Waals surface area contributed by atoms with Crippen molar-refractivity contribution in [2.75, 3.05) is 7.11 Å². The summed E-state index contributed by atoms with van der Waals surface area (Å²) in [7, 11) is -0.331. The van der Waals surface area contributed by atoms with Gasteiger partial charge in [0.1, 0.15) is 0 Å². The molecule has 0 aliphatic rings. The second-order valence-corrected chi connectivity index (χ2v) is 7.98. The Kier molecular flexibility index (Phi) is 7.21. The SMILES string of the molecule is C=CC[Si](C=CC(=O)OC)(CC=C)CC=C. The van der Waals surface area contributed by atoms with Crippen LogP contribution in [0.2, 0.25) is 18.1 Å². The highest BCUT2D eigenvalue weighted by Gasteiger charge is 2.25. The van der Waals surface area contributed by atoms with Crippen molar-refractivity contribution in [2.24, 2.45) is 0 Å². The van der Waals surface area contributed by atoms with Gasteiger partial charge in [-0.25, -0.2) is 4.79 Å². The lowest BCUT2D eigenvalue weighted by molar-refractivity contribution is -0.134. The van der Waals surface area contributed by atoms with Crippen LogP contribution in [0.4, 0.5) is 0 Å². The van der Waals surface area contributed by atoms with E-state index in [9.17, 15) is 4.79 Å². The number of carbonyl (C=O) groups is 1. The van der Waals surface area contributed by atoms with Gasteiger partial charge in [0.15, 0.2) is 0 Å². The molecule has 0 atom stereocenters. The van der Waals surface area contributed by atoms with E-state index in [0.717, 1.165) is 18.1 Å². The first-order valence-electron chi connectivity index (χ1n) is 5.24. The van der Waals surface area contributed by atoms with E-state index in [4.69, 9.17) is 0 Å². The first-order valence-corrected chi connectivity index (χ1v) is 7.94. The summed E-state index contributed by atoms with van der Waals surface area (Å²) in [5.74, 6) is -0.311. The Morgan fingerprint density at radius 3 is 1.88 bits per heavy atom. The Bertz CT molecular complexity index is 266. The van der Waals surface area contributed by atoms with Crippen LogP contribution in [-0.4, -0.2) is 21.2 Å². The summed E-state index contributed by atoms with van der Waals surface area (Å²) in [6.07, 6.45) is 7.23. The number of methoxy groups -OCH3 is 1. The lowest BCUT2D eigenvalue weighted by Gasteiger charge is -2.24. The van der Waals surface area contributed by atoms with E-state index in [2.05, 4.69) is 24.5 Å². The molecule has 0 fully saturated rings. The van der Waals surface area contributed by atoms with Gasteiger partial charge in [-0.05, 0) is 18.1 Å². The third-order valence-corrected chi connectivity index (χ3v) is 6.61. The summed E-state index contributed by atoms with van der Waals surface area (Å²) in [5, 5.41) is 0. The highest BCUT2D eigenvalue weighted by molar-refractivity contribution is 6.85. The van der Waals surface area contributed by atoms with Crippen LogP contribution in [0.15, 0.2) is 49.7 Å². The number of rotatable bonds is 8. The Labute approximate surface area is 99.0 Å². The van der Waals surface area contributed by atoms with Crippen molar-refractivity contribution in [1.29, 1.82) is 0 Å². The van der Waals surface area contributed by atoms with Crippen molar-refractivity contribution in [2.45, 2.75) is 18.1 Å². The van der Waals surface area contributed by atoms with Crippen molar-refractivity contribution in [3.8, 4) is 0 Å². The fraction of sp³-hybridized carbons (Fsp3) is 0.308. The zero-order valence-corrected chi connectivity index (χ0v) is 10.9. The van der Waals surface area contributed by atoms with Crippen molar-refractivity contribution < 1.29 is 9.53 Å². The van der Waals surface area contributed by atoms with Gasteiger partial charge in [0.2, 0.25) is 0 Å². The molecular weight excluding hydrogens is 216 g/mol. The summed E-state index contributed by atoms with van der Waals surface area (Å²) < 4.78 is 4.60. The van der Waals surface area contributed by atoms with Crippen LogP contribution in [0.1, 0.15) is 0 Å². The molecule has 0 aromatic carbocycles. The predicted molar refractivity (Wildman–Crippen MR) is 71.9 cm³/mol. The molecule has 0 aromatic rings. The minimum absolute atomic E-state index is 0.311. The van der Waals surface area contributed by atoms with Gasteiger partial charge in [0.25, 0.3) is 0 Å². The molecule has 0 aliphatic heterocycles. The molecule has 0 unspecified atom stereocenters. The fourth-order valence-electron chi connectivity index (χ4n) is 1.63. The largest absolute Gasteiger partial charge is 0.466 e. The van der Waals surface area contributed by atoms with Gasteiger partial charge >= 0.3 is 5.97 Å². The zero-order chi connectivity index (χ0) is 12.4. The Morgan fingerprint density at radius 2 is 1.56 bits per heavy atom. The number of carbonyl (C=O) groups excluding carboxylic acids is 1. The monoisotopic (exact) mass is 236 g/mol. The van der Waals surface area contributed by atoms with Gasteiger partial charge in [-0.1, -0.05) is 23.9 Å². The molecule has 3 heteroatoms. The van der Waals surface area contributed by atoms with E-state index < -0.39 is 8.07 Å². The lowest BCUT2D eigenvalue weighted by atomic mass is 10.7. The number of ether oxygens (including phenoxy) is 1. The molecule has 0 spiro atoms. The fourth-order valence-corrected chi connectivity index (χ4v) is 4.75. The second-order valence-electron chi connectivity index (χ2n) is 3.70. The Morgan fingerprint density at radius 1 is 1.12 bits per heavy atom.